The molecule has 1 aliphatic heterocycles. The van der Waals surface area contributed by atoms with Crippen LogP contribution in [0.2, 0.25) is 5.02 Å². The molecule has 1 fully saturated rings. The van der Waals surface area contributed by atoms with Gasteiger partial charge in [0, 0.05) is 23.7 Å². The van der Waals surface area contributed by atoms with Crippen LogP contribution in [0.15, 0.2) is 42.5 Å². The first-order valence-corrected chi connectivity index (χ1v) is 8.12. The molecule has 1 aromatic carbocycles. The normalized spacial score (nSPS) is 23.4. The average molecular weight is 331 g/mol. The lowest BCUT2D eigenvalue weighted by Gasteiger charge is -2.25. The lowest BCUT2D eigenvalue weighted by Crippen LogP contribution is -2.36. The van der Waals surface area contributed by atoms with E-state index in [2.05, 4.69) is 5.32 Å². The zero-order chi connectivity index (χ0) is 16.4. The standard InChI is InChI=1S/C18H19ClN2O2/c1-12-7-8-14(19)10-16(12)20-18(23)13-9-17(22)21(11-13)15-5-3-2-4-6-15/h2-5,7-8,10,13,15H,6,9,11H2,1H3,(H,20,23)/t13-,15+/m0/s1. The topological polar surface area (TPSA) is 49.4 Å². The van der Waals surface area contributed by atoms with Crippen molar-refractivity contribution < 1.29 is 9.59 Å². The van der Waals surface area contributed by atoms with Crippen LogP contribution in [-0.2, 0) is 9.59 Å². The van der Waals surface area contributed by atoms with E-state index >= 15 is 0 Å². The molecule has 1 heterocycles. The Balaban J connectivity index is 1.67. The van der Waals surface area contributed by atoms with Crippen molar-refractivity contribution in [3.05, 3.63) is 53.1 Å². The predicted octanol–water partition coefficient (Wildman–Crippen LogP) is 3.32. The predicted molar refractivity (Wildman–Crippen MR) is 91.3 cm³/mol. The number of aryl methyl sites for hydroxylation is 1. The quantitative estimate of drug-likeness (QED) is 0.924. The summed E-state index contributed by atoms with van der Waals surface area (Å²) < 4.78 is 0. The number of rotatable bonds is 3. The fraction of sp³-hybridized carbons (Fsp3) is 0.333. The number of carbonyl (C=O) groups is 2. The van der Waals surface area contributed by atoms with E-state index in [0.29, 0.717) is 17.3 Å². The Kier molecular flexibility index (Phi) is 4.53. The zero-order valence-corrected chi connectivity index (χ0v) is 13.7. The van der Waals surface area contributed by atoms with Gasteiger partial charge in [-0.15, -0.1) is 0 Å². The lowest BCUT2D eigenvalue weighted by molar-refractivity contribution is -0.129. The van der Waals surface area contributed by atoms with Gasteiger partial charge in [0.05, 0.1) is 12.0 Å². The molecule has 2 aliphatic rings. The van der Waals surface area contributed by atoms with Crippen LogP contribution in [0.1, 0.15) is 18.4 Å². The summed E-state index contributed by atoms with van der Waals surface area (Å²) in [4.78, 5) is 26.5. The molecule has 4 nitrogen and oxygen atoms in total. The van der Waals surface area contributed by atoms with E-state index in [9.17, 15) is 9.59 Å². The van der Waals surface area contributed by atoms with Crippen molar-refractivity contribution in [3.8, 4) is 0 Å². The molecular weight excluding hydrogens is 312 g/mol. The number of allylic oxidation sites excluding steroid dienone is 2. The molecule has 0 unspecified atom stereocenters. The molecule has 120 valence electrons. The molecule has 1 aromatic rings. The van der Waals surface area contributed by atoms with Gasteiger partial charge in [0.1, 0.15) is 0 Å². The molecule has 0 spiro atoms. The summed E-state index contributed by atoms with van der Waals surface area (Å²) in [6.07, 6.45) is 9.05. The van der Waals surface area contributed by atoms with Crippen LogP contribution >= 0.6 is 11.6 Å². The lowest BCUT2D eigenvalue weighted by atomic mass is 10.1. The third-order valence-electron chi connectivity index (χ3n) is 4.35. The van der Waals surface area contributed by atoms with Crippen molar-refractivity contribution in [2.45, 2.75) is 25.8 Å². The Morgan fingerprint density at radius 3 is 2.91 bits per heavy atom. The molecule has 3 rings (SSSR count). The van der Waals surface area contributed by atoms with Crippen LogP contribution in [0, 0.1) is 12.8 Å². The number of nitrogens with one attached hydrogen (secondary N) is 1. The van der Waals surface area contributed by atoms with Crippen LogP contribution < -0.4 is 5.32 Å². The molecule has 0 aromatic heterocycles. The van der Waals surface area contributed by atoms with E-state index in [1.807, 2.05) is 37.3 Å². The second kappa shape index (κ2) is 6.59. The number of carbonyl (C=O) groups excluding carboxylic acids is 2. The number of benzene rings is 1. The number of halogens is 1. The Labute approximate surface area is 140 Å². The van der Waals surface area contributed by atoms with Gasteiger partial charge in [-0.1, -0.05) is 42.0 Å². The van der Waals surface area contributed by atoms with Gasteiger partial charge >= 0.3 is 0 Å². The minimum Gasteiger partial charge on any atom is -0.335 e. The van der Waals surface area contributed by atoms with Crippen LogP contribution in [-0.4, -0.2) is 29.3 Å². The summed E-state index contributed by atoms with van der Waals surface area (Å²) in [5, 5.41) is 3.48. The molecule has 0 radical (unpaired) electrons. The van der Waals surface area contributed by atoms with Crippen LogP contribution in [0.4, 0.5) is 5.69 Å². The van der Waals surface area contributed by atoms with Gasteiger partial charge in [0.25, 0.3) is 0 Å². The summed E-state index contributed by atoms with van der Waals surface area (Å²) in [5.41, 5.74) is 1.65. The monoisotopic (exact) mass is 330 g/mol. The molecule has 1 saturated heterocycles. The summed E-state index contributed by atoms with van der Waals surface area (Å²) >= 11 is 5.98. The highest BCUT2D eigenvalue weighted by molar-refractivity contribution is 6.31. The third kappa shape index (κ3) is 3.48. The van der Waals surface area contributed by atoms with Crippen molar-refractivity contribution in [1.82, 2.24) is 4.90 Å². The smallest absolute Gasteiger partial charge is 0.229 e. The van der Waals surface area contributed by atoms with Crippen molar-refractivity contribution in [1.29, 1.82) is 0 Å². The SMILES string of the molecule is Cc1ccc(Cl)cc1NC(=O)[C@H]1CC(=O)N([C@@H]2C=CC=CC2)C1. The number of likely N-dealkylation sites (tertiary alicyclic amines) is 1. The Morgan fingerprint density at radius 1 is 1.35 bits per heavy atom. The maximum Gasteiger partial charge on any atom is 0.229 e. The summed E-state index contributed by atoms with van der Waals surface area (Å²) in [5.74, 6) is -0.403. The summed E-state index contributed by atoms with van der Waals surface area (Å²) in [6.45, 7) is 2.38. The largest absolute Gasteiger partial charge is 0.335 e. The molecule has 1 N–H and O–H groups in total. The number of amides is 2. The molecule has 1 aliphatic carbocycles. The Morgan fingerprint density at radius 2 is 2.17 bits per heavy atom. The van der Waals surface area contributed by atoms with Gasteiger partial charge in [0.15, 0.2) is 0 Å². The highest BCUT2D eigenvalue weighted by Gasteiger charge is 2.37. The maximum absolute atomic E-state index is 12.5. The van der Waals surface area contributed by atoms with Crippen molar-refractivity contribution in [2.24, 2.45) is 5.92 Å². The maximum atomic E-state index is 12.5. The van der Waals surface area contributed by atoms with E-state index in [1.54, 1.807) is 17.0 Å². The number of anilines is 1. The number of hydrogen-bond donors (Lipinski definition) is 1. The number of hydrogen-bond acceptors (Lipinski definition) is 2. The van der Waals surface area contributed by atoms with Gasteiger partial charge in [-0.2, -0.15) is 0 Å². The minimum absolute atomic E-state index is 0.0397. The van der Waals surface area contributed by atoms with Crippen molar-refractivity contribution in [3.63, 3.8) is 0 Å². The molecular formula is C18H19ClN2O2. The molecule has 2 atom stereocenters. The van der Waals surface area contributed by atoms with Gasteiger partial charge in [-0.05, 0) is 31.0 Å². The van der Waals surface area contributed by atoms with Crippen LogP contribution in [0.5, 0.6) is 0 Å². The Hall–Kier alpha value is -2.07. The number of nitrogens with zero attached hydrogens (tertiary/aromatic N) is 1. The molecule has 23 heavy (non-hydrogen) atoms. The zero-order valence-electron chi connectivity index (χ0n) is 13.0. The second-order valence-electron chi connectivity index (χ2n) is 6.01. The van der Waals surface area contributed by atoms with E-state index < -0.39 is 0 Å². The first-order valence-electron chi connectivity index (χ1n) is 7.74. The molecule has 2 amide bonds. The summed E-state index contributed by atoms with van der Waals surface area (Å²) in [7, 11) is 0. The first-order chi connectivity index (χ1) is 11.0. The minimum atomic E-state index is -0.319. The first kappa shape index (κ1) is 15.8. The van der Waals surface area contributed by atoms with Crippen molar-refractivity contribution in [2.75, 3.05) is 11.9 Å². The average Bonchev–Trinajstić information content (AvgIpc) is 2.94. The van der Waals surface area contributed by atoms with E-state index in [1.165, 1.54) is 0 Å². The van der Waals surface area contributed by atoms with Crippen LogP contribution in [0.3, 0.4) is 0 Å². The van der Waals surface area contributed by atoms with E-state index in [4.69, 9.17) is 11.6 Å². The third-order valence-corrected chi connectivity index (χ3v) is 4.58. The Bertz CT molecular complexity index is 696. The van der Waals surface area contributed by atoms with Crippen LogP contribution in [0.25, 0.3) is 0 Å². The second-order valence-corrected chi connectivity index (χ2v) is 6.45. The molecule has 0 bridgehead atoms. The van der Waals surface area contributed by atoms with Gasteiger partial charge in [0.2, 0.25) is 11.8 Å². The van der Waals surface area contributed by atoms with E-state index in [0.717, 1.165) is 12.0 Å². The molecule has 5 heteroatoms. The van der Waals surface area contributed by atoms with Gasteiger partial charge < -0.3 is 10.2 Å². The van der Waals surface area contributed by atoms with Crippen molar-refractivity contribution >= 4 is 29.1 Å². The van der Waals surface area contributed by atoms with E-state index in [-0.39, 0.29) is 30.2 Å². The highest BCUT2D eigenvalue weighted by atomic mass is 35.5. The van der Waals surface area contributed by atoms with Gasteiger partial charge in [-0.25, -0.2) is 0 Å². The molecule has 0 saturated carbocycles. The summed E-state index contributed by atoms with van der Waals surface area (Å²) in [6, 6.07) is 5.45. The highest BCUT2D eigenvalue weighted by Crippen LogP contribution is 2.26. The fourth-order valence-electron chi connectivity index (χ4n) is 2.99. The van der Waals surface area contributed by atoms with Gasteiger partial charge in [-0.3, -0.25) is 9.59 Å². The fourth-order valence-corrected chi connectivity index (χ4v) is 3.16.